The first-order valence-electron chi connectivity index (χ1n) is 7.00. The van der Waals surface area contributed by atoms with Crippen molar-refractivity contribution in [2.75, 3.05) is 0 Å². The Bertz CT molecular complexity index is 847. The van der Waals surface area contributed by atoms with Crippen molar-refractivity contribution in [3.05, 3.63) is 39.8 Å². The molecule has 0 amide bonds. The van der Waals surface area contributed by atoms with Crippen LogP contribution in [-0.2, 0) is 6.54 Å². The SMILES string of the molecule is Cc1csc(-c2noc(-c3cccn(CC(C)C)c3=O)n2)n1. The number of hydrogen-bond donors (Lipinski definition) is 0. The molecule has 3 heterocycles. The van der Waals surface area contributed by atoms with Gasteiger partial charge in [-0.05, 0) is 25.0 Å². The molecule has 3 aromatic rings. The van der Waals surface area contributed by atoms with Crippen molar-refractivity contribution in [2.45, 2.75) is 27.3 Å². The van der Waals surface area contributed by atoms with Crippen LogP contribution in [0.2, 0.25) is 0 Å². The van der Waals surface area contributed by atoms with E-state index >= 15 is 0 Å². The lowest BCUT2D eigenvalue weighted by molar-refractivity contribution is 0.430. The highest BCUT2D eigenvalue weighted by Gasteiger charge is 2.16. The molecule has 0 aromatic carbocycles. The number of pyridine rings is 1. The number of aromatic nitrogens is 4. The van der Waals surface area contributed by atoms with Crippen LogP contribution in [0.5, 0.6) is 0 Å². The fourth-order valence-electron chi connectivity index (χ4n) is 2.11. The molecular weight excluding hydrogens is 300 g/mol. The monoisotopic (exact) mass is 316 g/mol. The van der Waals surface area contributed by atoms with Gasteiger partial charge in [0.05, 0.1) is 0 Å². The Morgan fingerprint density at radius 2 is 2.18 bits per heavy atom. The minimum Gasteiger partial charge on any atom is -0.333 e. The van der Waals surface area contributed by atoms with Crippen LogP contribution in [0, 0.1) is 12.8 Å². The van der Waals surface area contributed by atoms with E-state index in [2.05, 4.69) is 29.0 Å². The predicted molar refractivity (Wildman–Crippen MR) is 84.7 cm³/mol. The standard InChI is InChI=1S/C15H16N4O2S/c1-9(2)7-19-6-4-5-11(15(19)20)13-17-12(18-21-13)14-16-10(3)8-22-14/h4-6,8-9H,7H2,1-3H3. The third-order valence-electron chi connectivity index (χ3n) is 3.05. The first-order chi connectivity index (χ1) is 10.5. The lowest BCUT2D eigenvalue weighted by Gasteiger charge is -2.08. The molecular formula is C15H16N4O2S. The van der Waals surface area contributed by atoms with E-state index in [1.54, 1.807) is 16.8 Å². The van der Waals surface area contributed by atoms with Crippen LogP contribution in [0.15, 0.2) is 33.0 Å². The molecule has 0 atom stereocenters. The largest absolute Gasteiger partial charge is 0.333 e. The highest BCUT2D eigenvalue weighted by Crippen LogP contribution is 2.23. The Labute approximate surface area is 131 Å². The molecule has 0 fully saturated rings. The normalized spacial score (nSPS) is 11.3. The maximum Gasteiger partial charge on any atom is 0.263 e. The number of rotatable bonds is 4. The zero-order valence-corrected chi connectivity index (χ0v) is 13.4. The molecule has 114 valence electrons. The Hall–Kier alpha value is -2.28. The molecule has 0 aliphatic carbocycles. The molecule has 0 bridgehead atoms. The van der Waals surface area contributed by atoms with E-state index in [0.717, 1.165) is 5.69 Å². The lowest BCUT2D eigenvalue weighted by atomic mass is 10.2. The first kappa shape index (κ1) is 14.6. The molecule has 0 radical (unpaired) electrons. The van der Waals surface area contributed by atoms with E-state index < -0.39 is 0 Å². The van der Waals surface area contributed by atoms with Gasteiger partial charge in [0.25, 0.3) is 11.4 Å². The molecule has 0 N–H and O–H groups in total. The molecule has 0 spiro atoms. The highest BCUT2D eigenvalue weighted by molar-refractivity contribution is 7.13. The van der Waals surface area contributed by atoms with Gasteiger partial charge in [0.15, 0.2) is 5.01 Å². The maximum absolute atomic E-state index is 12.5. The molecule has 0 unspecified atom stereocenters. The summed E-state index contributed by atoms with van der Waals surface area (Å²) in [5.41, 5.74) is 1.20. The second kappa shape index (κ2) is 5.84. The van der Waals surface area contributed by atoms with Crippen LogP contribution < -0.4 is 5.56 Å². The molecule has 3 rings (SSSR count). The second-order valence-corrected chi connectivity index (χ2v) is 6.35. The van der Waals surface area contributed by atoms with E-state index in [9.17, 15) is 4.79 Å². The van der Waals surface area contributed by atoms with Crippen LogP contribution in [-0.4, -0.2) is 19.7 Å². The van der Waals surface area contributed by atoms with Gasteiger partial charge in [-0.25, -0.2) is 4.98 Å². The van der Waals surface area contributed by atoms with Gasteiger partial charge in [0.2, 0.25) is 5.82 Å². The summed E-state index contributed by atoms with van der Waals surface area (Å²) in [5, 5.41) is 6.53. The summed E-state index contributed by atoms with van der Waals surface area (Å²) in [6.45, 7) is 6.69. The smallest absolute Gasteiger partial charge is 0.263 e. The number of nitrogens with zero attached hydrogens (tertiary/aromatic N) is 4. The molecule has 7 heteroatoms. The zero-order valence-electron chi connectivity index (χ0n) is 12.6. The van der Waals surface area contributed by atoms with Crippen molar-refractivity contribution in [1.29, 1.82) is 0 Å². The summed E-state index contributed by atoms with van der Waals surface area (Å²) in [4.78, 5) is 21.1. The number of aryl methyl sites for hydroxylation is 1. The van der Waals surface area contributed by atoms with Crippen LogP contribution in [0.4, 0.5) is 0 Å². The van der Waals surface area contributed by atoms with Gasteiger partial charge in [-0.15, -0.1) is 11.3 Å². The molecule has 22 heavy (non-hydrogen) atoms. The Morgan fingerprint density at radius 1 is 1.36 bits per heavy atom. The predicted octanol–water partition coefficient (Wildman–Crippen LogP) is 2.99. The van der Waals surface area contributed by atoms with Gasteiger partial charge in [0, 0.05) is 23.8 Å². The van der Waals surface area contributed by atoms with Gasteiger partial charge in [-0.1, -0.05) is 19.0 Å². The van der Waals surface area contributed by atoms with Crippen molar-refractivity contribution >= 4 is 11.3 Å². The molecule has 6 nitrogen and oxygen atoms in total. The highest BCUT2D eigenvalue weighted by atomic mass is 32.1. The second-order valence-electron chi connectivity index (χ2n) is 5.49. The topological polar surface area (TPSA) is 73.8 Å². The summed E-state index contributed by atoms with van der Waals surface area (Å²) < 4.78 is 6.91. The first-order valence-corrected chi connectivity index (χ1v) is 7.88. The average molecular weight is 316 g/mol. The van der Waals surface area contributed by atoms with Crippen molar-refractivity contribution in [3.8, 4) is 22.3 Å². The van der Waals surface area contributed by atoms with Gasteiger partial charge in [0.1, 0.15) is 5.56 Å². The van der Waals surface area contributed by atoms with Crippen LogP contribution in [0.25, 0.3) is 22.3 Å². The Balaban J connectivity index is 1.98. The molecule has 0 saturated carbocycles. The Kier molecular flexibility index (Phi) is 3.89. The van der Waals surface area contributed by atoms with Crippen molar-refractivity contribution in [2.24, 2.45) is 5.92 Å². The third kappa shape index (κ3) is 2.85. The molecule has 0 aliphatic rings. The van der Waals surface area contributed by atoms with E-state index in [4.69, 9.17) is 4.52 Å². The van der Waals surface area contributed by atoms with E-state index in [-0.39, 0.29) is 11.4 Å². The van der Waals surface area contributed by atoms with Gasteiger partial charge in [-0.3, -0.25) is 4.79 Å². The summed E-state index contributed by atoms with van der Waals surface area (Å²) >= 11 is 1.45. The van der Waals surface area contributed by atoms with Crippen LogP contribution in [0.3, 0.4) is 0 Å². The summed E-state index contributed by atoms with van der Waals surface area (Å²) in [7, 11) is 0. The van der Waals surface area contributed by atoms with Crippen molar-refractivity contribution < 1.29 is 4.52 Å². The van der Waals surface area contributed by atoms with Crippen molar-refractivity contribution in [1.82, 2.24) is 19.7 Å². The van der Waals surface area contributed by atoms with E-state index in [1.165, 1.54) is 11.3 Å². The minimum absolute atomic E-state index is 0.123. The maximum atomic E-state index is 12.5. The minimum atomic E-state index is -0.123. The number of hydrogen-bond acceptors (Lipinski definition) is 6. The average Bonchev–Trinajstić information content (AvgIpc) is 3.09. The van der Waals surface area contributed by atoms with Crippen molar-refractivity contribution in [3.63, 3.8) is 0 Å². The van der Waals surface area contributed by atoms with Crippen LogP contribution >= 0.6 is 11.3 Å². The quantitative estimate of drug-likeness (QED) is 0.740. The molecule has 3 aromatic heterocycles. The fraction of sp³-hybridized carbons (Fsp3) is 0.333. The van der Waals surface area contributed by atoms with Gasteiger partial charge < -0.3 is 9.09 Å². The number of thiazole rings is 1. The van der Waals surface area contributed by atoms with E-state index in [1.807, 2.05) is 18.4 Å². The fourth-order valence-corrected chi connectivity index (χ4v) is 2.83. The molecule has 0 saturated heterocycles. The van der Waals surface area contributed by atoms with Gasteiger partial charge in [-0.2, -0.15) is 4.98 Å². The van der Waals surface area contributed by atoms with Gasteiger partial charge >= 0.3 is 0 Å². The summed E-state index contributed by atoms with van der Waals surface area (Å²) in [6, 6.07) is 3.51. The Morgan fingerprint density at radius 3 is 2.86 bits per heavy atom. The summed E-state index contributed by atoms with van der Waals surface area (Å²) in [6.07, 6.45) is 1.77. The lowest BCUT2D eigenvalue weighted by Crippen LogP contribution is -2.23. The van der Waals surface area contributed by atoms with Crippen LogP contribution in [0.1, 0.15) is 19.5 Å². The molecule has 0 aliphatic heterocycles. The van der Waals surface area contributed by atoms with E-state index in [0.29, 0.717) is 28.9 Å². The third-order valence-corrected chi connectivity index (χ3v) is 4.00. The summed E-state index contributed by atoms with van der Waals surface area (Å²) in [5.74, 6) is 1.02. The zero-order chi connectivity index (χ0) is 15.7.